The Kier molecular flexibility index (Phi) is 6.74. The molecule has 0 bridgehead atoms. The fourth-order valence-corrected chi connectivity index (χ4v) is 3.58. The summed E-state index contributed by atoms with van der Waals surface area (Å²) in [6.45, 7) is -0.638. The molecule has 5 amide bonds. The van der Waals surface area contributed by atoms with Gasteiger partial charge in [0.2, 0.25) is 0 Å². The van der Waals surface area contributed by atoms with Gasteiger partial charge in [-0.15, -0.1) is 4.91 Å². The highest BCUT2D eigenvalue weighted by Gasteiger charge is 2.39. The molecule has 2 aromatic carbocycles. The summed E-state index contributed by atoms with van der Waals surface area (Å²) in [6.07, 6.45) is 2.62. The normalized spacial score (nSPS) is 18.4. The summed E-state index contributed by atoms with van der Waals surface area (Å²) in [5, 5.41) is 8.58. The number of carbonyl (C=O) groups excluding carboxylic acids is 3. The van der Waals surface area contributed by atoms with Gasteiger partial charge >= 0.3 is 18.0 Å². The number of imide groups is 1. The Morgan fingerprint density at radius 3 is 2.42 bits per heavy atom. The van der Waals surface area contributed by atoms with Crippen molar-refractivity contribution in [1.82, 2.24) is 15.1 Å². The third kappa shape index (κ3) is 5.40. The molecular weight excluding hydrogens is 450 g/mol. The SMILES string of the molecule is O=NC(=O)CN1C(=O)NC(Nc2ccc(OC3CCC3)cc2)N(Cc2ccc(Cl)cc2)C1=O. The number of rotatable bonds is 8. The second kappa shape index (κ2) is 9.86. The first-order valence-corrected chi connectivity index (χ1v) is 10.8. The van der Waals surface area contributed by atoms with Crippen molar-refractivity contribution in [3.05, 3.63) is 64.0 Å². The largest absolute Gasteiger partial charge is 0.490 e. The van der Waals surface area contributed by atoms with E-state index in [9.17, 15) is 19.3 Å². The second-order valence-electron chi connectivity index (χ2n) is 7.80. The summed E-state index contributed by atoms with van der Waals surface area (Å²) in [5.41, 5.74) is 1.40. The van der Waals surface area contributed by atoms with E-state index >= 15 is 0 Å². The summed E-state index contributed by atoms with van der Waals surface area (Å²) in [6, 6.07) is 12.5. The molecule has 2 fully saturated rings. The van der Waals surface area contributed by atoms with Gasteiger partial charge in [0.05, 0.1) is 12.6 Å². The highest BCUT2D eigenvalue weighted by molar-refractivity contribution is 6.30. The smallest absolute Gasteiger partial charge is 0.332 e. The zero-order valence-corrected chi connectivity index (χ0v) is 18.3. The Balaban J connectivity index is 1.52. The molecule has 1 atom stereocenters. The molecule has 1 unspecified atom stereocenters. The van der Waals surface area contributed by atoms with Crippen LogP contribution < -0.4 is 15.4 Å². The molecule has 2 aromatic rings. The minimum atomic E-state index is -1.13. The van der Waals surface area contributed by atoms with Crippen molar-refractivity contribution in [2.45, 2.75) is 38.2 Å². The van der Waals surface area contributed by atoms with Gasteiger partial charge in [-0.1, -0.05) is 23.7 Å². The van der Waals surface area contributed by atoms with E-state index in [2.05, 4.69) is 15.8 Å². The Hall–Kier alpha value is -3.66. The fraction of sp³-hybridized carbons (Fsp3) is 0.318. The highest BCUT2D eigenvalue weighted by atomic mass is 35.5. The number of ether oxygens (including phenoxy) is 1. The van der Waals surface area contributed by atoms with Crippen LogP contribution >= 0.6 is 11.6 Å². The van der Waals surface area contributed by atoms with Gasteiger partial charge in [-0.05, 0) is 61.2 Å². The van der Waals surface area contributed by atoms with Gasteiger partial charge in [-0.3, -0.25) is 15.0 Å². The highest BCUT2D eigenvalue weighted by Crippen LogP contribution is 2.26. The first-order chi connectivity index (χ1) is 15.9. The van der Waals surface area contributed by atoms with Gasteiger partial charge < -0.3 is 10.1 Å². The number of nitrogens with one attached hydrogen (secondary N) is 2. The average Bonchev–Trinajstić information content (AvgIpc) is 2.78. The first kappa shape index (κ1) is 22.5. The quantitative estimate of drug-likeness (QED) is 0.563. The molecule has 172 valence electrons. The van der Waals surface area contributed by atoms with Gasteiger partial charge in [-0.25, -0.2) is 14.5 Å². The standard InChI is InChI=1S/C22H22ClN5O5/c23-15-6-4-14(5-7-15)12-27-20(25-21(30)28(22(27)31)13-19(29)26-32)24-16-8-10-18(11-9-16)33-17-2-1-3-17/h4-11,17,20,24H,1-3,12-13H2,(H,25,30). The maximum Gasteiger partial charge on any atom is 0.332 e. The van der Waals surface area contributed by atoms with Crippen LogP contribution in [0.3, 0.4) is 0 Å². The van der Waals surface area contributed by atoms with Crippen LogP contribution in [-0.4, -0.2) is 46.7 Å². The third-order valence-corrected chi connectivity index (χ3v) is 5.72. The monoisotopic (exact) mass is 471 g/mol. The number of halogens is 1. The van der Waals surface area contributed by atoms with Crippen LogP contribution in [0, 0.1) is 4.91 Å². The minimum Gasteiger partial charge on any atom is -0.490 e. The van der Waals surface area contributed by atoms with E-state index in [1.807, 2.05) is 12.1 Å². The van der Waals surface area contributed by atoms with Gasteiger partial charge in [0.25, 0.3) is 0 Å². The molecule has 4 rings (SSSR count). The molecule has 2 aliphatic rings. The molecular formula is C22H22ClN5O5. The van der Waals surface area contributed by atoms with Gasteiger partial charge in [0.15, 0.2) is 6.29 Å². The topological polar surface area (TPSA) is 120 Å². The summed E-state index contributed by atoms with van der Waals surface area (Å²) < 4.78 is 5.85. The zero-order chi connectivity index (χ0) is 23.4. The number of carbonyl (C=O) groups is 3. The predicted octanol–water partition coefficient (Wildman–Crippen LogP) is 3.91. The number of hydrogen-bond acceptors (Lipinski definition) is 6. The molecule has 33 heavy (non-hydrogen) atoms. The van der Waals surface area contributed by atoms with Crippen LogP contribution in [0.25, 0.3) is 0 Å². The molecule has 11 heteroatoms. The van der Waals surface area contributed by atoms with Crippen LogP contribution in [0.5, 0.6) is 5.75 Å². The van der Waals surface area contributed by atoms with Crippen molar-refractivity contribution >= 4 is 35.3 Å². The van der Waals surface area contributed by atoms with Gasteiger partial charge in [-0.2, -0.15) is 0 Å². The number of anilines is 1. The third-order valence-electron chi connectivity index (χ3n) is 5.47. The molecule has 10 nitrogen and oxygen atoms in total. The minimum absolute atomic E-state index is 0.107. The molecule has 1 aliphatic carbocycles. The van der Waals surface area contributed by atoms with Crippen molar-refractivity contribution in [3.63, 3.8) is 0 Å². The molecule has 1 saturated heterocycles. The predicted molar refractivity (Wildman–Crippen MR) is 121 cm³/mol. The second-order valence-corrected chi connectivity index (χ2v) is 8.24. The Morgan fingerprint density at radius 2 is 1.82 bits per heavy atom. The number of urea groups is 2. The number of nitroso groups, excluding NO2 is 1. The number of amides is 5. The number of hydrogen-bond donors (Lipinski definition) is 2. The van der Waals surface area contributed by atoms with Crippen molar-refractivity contribution in [2.75, 3.05) is 11.9 Å². The maximum absolute atomic E-state index is 13.1. The molecule has 1 aliphatic heterocycles. The van der Waals surface area contributed by atoms with Crippen molar-refractivity contribution in [1.29, 1.82) is 0 Å². The van der Waals surface area contributed by atoms with E-state index in [1.54, 1.807) is 36.4 Å². The molecule has 0 radical (unpaired) electrons. The molecule has 2 N–H and O–H groups in total. The molecule has 0 aromatic heterocycles. The lowest BCUT2D eigenvalue weighted by Gasteiger charge is -2.41. The van der Waals surface area contributed by atoms with Crippen LogP contribution in [-0.2, 0) is 11.3 Å². The van der Waals surface area contributed by atoms with Crippen LogP contribution in [0.4, 0.5) is 15.3 Å². The van der Waals surface area contributed by atoms with Crippen molar-refractivity contribution < 1.29 is 19.1 Å². The summed E-state index contributed by atoms with van der Waals surface area (Å²) in [5.74, 6) is -0.378. The molecule has 1 saturated carbocycles. The average molecular weight is 472 g/mol. The van der Waals surface area contributed by atoms with Crippen LogP contribution in [0.15, 0.2) is 53.7 Å². The lowest BCUT2D eigenvalue weighted by molar-refractivity contribution is -0.118. The van der Waals surface area contributed by atoms with E-state index in [0.29, 0.717) is 15.6 Å². The van der Waals surface area contributed by atoms with Gasteiger partial charge in [0, 0.05) is 15.9 Å². The number of nitrogens with zero attached hydrogens (tertiary/aromatic N) is 3. The van der Waals surface area contributed by atoms with Crippen molar-refractivity contribution in [3.8, 4) is 5.75 Å². The van der Waals surface area contributed by atoms with Crippen molar-refractivity contribution in [2.24, 2.45) is 5.18 Å². The van der Waals surface area contributed by atoms with E-state index < -0.39 is 30.8 Å². The maximum atomic E-state index is 13.1. The molecule has 1 heterocycles. The number of benzene rings is 2. The first-order valence-electron chi connectivity index (χ1n) is 10.5. The molecule has 0 spiro atoms. The zero-order valence-electron chi connectivity index (χ0n) is 17.6. The Morgan fingerprint density at radius 1 is 1.12 bits per heavy atom. The fourth-order valence-electron chi connectivity index (χ4n) is 3.46. The van der Waals surface area contributed by atoms with E-state index in [-0.39, 0.29) is 12.6 Å². The summed E-state index contributed by atoms with van der Waals surface area (Å²) in [4.78, 5) is 49.5. The van der Waals surface area contributed by atoms with Crippen LogP contribution in [0.1, 0.15) is 24.8 Å². The lowest BCUT2D eigenvalue weighted by atomic mass is 9.96. The van der Waals surface area contributed by atoms with E-state index in [1.165, 1.54) is 11.3 Å². The summed E-state index contributed by atoms with van der Waals surface area (Å²) in [7, 11) is 0. The van der Waals surface area contributed by atoms with E-state index in [0.717, 1.165) is 24.2 Å². The summed E-state index contributed by atoms with van der Waals surface area (Å²) >= 11 is 5.95. The van der Waals surface area contributed by atoms with E-state index in [4.69, 9.17) is 16.3 Å². The van der Waals surface area contributed by atoms with Gasteiger partial charge in [0.1, 0.15) is 12.3 Å². The van der Waals surface area contributed by atoms with Crippen LogP contribution in [0.2, 0.25) is 5.02 Å². The Bertz CT molecular complexity index is 1040. The lowest BCUT2D eigenvalue weighted by Crippen LogP contribution is -2.67. The Labute approximate surface area is 194 Å².